The van der Waals surface area contributed by atoms with Gasteiger partial charge >= 0.3 is 5.97 Å². The average Bonchev–Trinajstić information content (AvgIpc) is 2.91. The summed E-state index contributed by atoms with van der Waals surface area (Å²) in [7, 11) is 3.90. The first kappa shape index (κ1) is 13.2. The molecule has 5 heteroatoms. The van der Waals surface area contributed by atoms with Crippen LogP contribution in [0.1, 0.15) is 10.4 Å². The van der Waals surface area contributed by atoms with E-state index >= 15 is 0 Å². The molecule has 1 aromatic heterocycles. The van der Waals surface area contributed by atoms with E-state index in [1.807, 2.05) is 43.3 Å². The van der Waals surface area contributed by atoms with Gasteiger partial charge in [-0.2, -0.15) is 0 Å². The molecule has 0 saturated heterocycles. The van der Waals surface area contributed by atoms with Crippen LogP contribution in [0.3, 0.4) is 0 Å². The van der Waals surface area contributed by atoms with Crippen LogP contribution in [0, 0.1) is 0 Å². The molecular formula is C16H14N2O3. The number of carboxylic acids is 1. The third-order valence-electron chi connectivity index (χ3n) is 3.25. The highest BCUT2D eigenvalue weighted by atomic mass is 16.4. The number of aromatic nitrogens is 1. The molecule has 106 valence electrons. The van der Waals surface area contributed by atoms with E-state index in [0.29, 0.717) is 17.0 Å². The Kier molecular flexibility index (Phi) is 3.10. The monoisotopic (exact) mass is 282 g/mol. The topological polar surface area (TPSA) is 66.6 Å². The van der Waals surface area contributed by atoms with Crippen molar-refractivity contribution in [3.05, 3.63) is 48.0 Å². The molecule has 0 aliphatic heterocycles. The number of aromatic carboxylic acids is 1. The lowest BCUT2D eigenvalue weighted by Crippen LogP contribution is -2.08. The fraction of sp³-hybridized carbons (Fsp3) is 0.125. The molecule has 3 aromatic rings. The molecule has 1 N–H and O–H groups in total. The van der Waals surface area contributed by atoms with Gasteiger partial charge < -0.3 is 14.4 Å². The first-order chi connectivity index (χ1) is 10.1. The van der Waals surface area contributed by atoms with Gasteiger partial charge in [0.05, 0.1) is 0 Å². The zero-order valence-electron chi connectivity index (χ0n) is 11.7. The van der Waals surface area contributed by atoms with Gasteiger partial charge in [0.25, 0.3) is 0 Å². The minimum atomic E-state index is -1.02. The second-order valence-corrected chi connectivity index (χ2v) is 4.92. The van der Waals surface area contributed by atoms with Crippen LogP contribution in [0.15, 0.2) is 46.9 Å². The third-order valence-corrected chi connectivity index (χ3v) is 3.25. The minimum absolute atomic E-state index is 0.120. The summed E-state index contributed by atoms with van der Waals surface area (Å²) >= 11 is 0. The van der Waals surface area contributed by atoms with Gasteiger partial charge in [-0.15, -0.1) is 0 Å². The van der Waals surface area contributed by atoms with Crippen LogP contribution < -0.4 is 4.90 Å². The van der Waals surface area contributed by atoms with Crippen LogP contribution in [-0.2, 0) is 0 Å². The predicted molar refractivity (Wildman–Crippen MR) is 80.7 cm³/mol. The van der Waals surface area contributed by atoms with Crippen LogP contribution in [0.25, 0.3) is 22.6 Å². The van der Waals surface area contributed by atoms with Crippen molar-refractivity contribution in [1.29, 1.82) is 0 Å². The number of para-hydroxylation sites is 1. The Morgan fingerprint density at radius 2 is 1.95 bits per heavy atom. The molecule has 0 saturated carbocycles. The maximum atomic E-state index is 11.2. The van der Waals surface area contributed by atoms with E-state index < -0.39 is 5.97 Å². The summed E-state index contributed by atoms with van der Waals surface area (Å²) in [5, 5.41) is 9.19. The van der Waals surface area contributed by atoms with Crippen LogP contribution in [0.2, 0.25) is 0 Å². The highest BCUT2D eigenvalue weighted by Gasteiger charge is 2.15. The molecule has 0 radical (unpaired) electrons. The van der Waals surface area contributed by atoms with E-state index in [0.717, 1.165) is 11.3 Å². The van der Waals surface area contributed by atoms with Crippen molar-refractivity contribution in [3.8, 4) is 11.5 Å². The highest BCUT2D eigenvalue weighted by Crippen LogP contribution is 2.28. The lowest BCUT2D eigenvalue weighted by atomic mass is 10.2. The van der Waals surface area contributed by atoms with Crippen molar-refractivity contribution in [2.75, 3.05) is 19.0 Å². The summed E-state index contributed by atoms with van der Waals surface area (Å²) in [5.74, 6) is -0.604. The summed E-state index contributed by atoms with van der Waals surface area (Å²) in [5.41, 5.74) is 2.80. The van der Waals surface area contributed by atoms with Gasteiger partial charge in [-0.05, 0) is 30.3 Å². The van der Waals surface area contributed by atoms with E-state index in [9.17, 15) is 9.90 Å². The molecule has 0 amide bonds. The van der Waals surface area contributed by atoms with E-state index in [1.54, 1.807) is 12.1 Å². The first-order valence-electron chi connectivity index (χ1n) is 6.47. The van der Waals surface area contributed by atoms with Gasteiger partial charge in [-0.3, -0.25) is 0 Å². The normalized spacial score (nSPS) is 10.8. The summed E-state index contributed by atoms with van der Waals surface area (Å²) in [6.07, 6.45) is 0. The molecule has 2 aromatic carbocycles. The Morgan fingerprint density at radius 1 is 1.19 bits per heavy atom. The number of hydrogen-bond donors (Lipinski definition) is 1. The second-order valence-electron chi connectivity index (χ2n) is 4.92. The standard InChI is InChI=1S/C16H14N2O3/c1-18(2)11-6-3-5-10(9-11)15-17-13-8-4-7-12(16(19)20)14(13)21-15/h3-9H,1-2H3,(H,19,20). The lowest BCUT2D eigenvalue weighted by molar-refractivity contribution is 0.0698. The quantitative estimate of drug-likeness (QED) is 0.798. The molecule has 0 aliphatic carbocycles. The van der Waals surface area contributed by atoms with Crippen LogP contribution >= 0.6 is 0 Å². The molecule has 0 aliphatic rings. The molecule has 21 heavy (non-hydrogen) atoms. The third kappa shape index (κ3) is 2.33. The molecule has 5 nitrogen and oxygen atoms in total. The summed E-state index contributed by atoms with van der Waals surface area (Å²) in [4.78, 5) is 17.6. The van der Waals surface area contributed by atoms with Crippen LogP contribution in [0.4, 0.5) is 5.69 Å². The Hall–Kier alpha value is -2.82. The van der Waals surface area contributed by atoms with Gasteiger partial charge in [0.15, 0.2) is 5.58 Å². The number of benzene rings is 2. The van der Waals surface area contributed by atoms with Crippen molar-refractivity contribution < 1.29 is 14.3 Å². The second kappa shape index (κ2) is 4.94. The summed E-state index contributed by atoms with van der Waals surface area (Å²) in [6.45, 7) is 0. The number of oxazole rings is 1. The Labute approximate surface area is 121 Å². The van der Waals surface area contributed by atoms with Crippen LogP contribution in [-0.4, -0.2) is 30.2 Å². The molecule has 0 fully saturated rings. The Balaban J connectivity index is 2.15. The molecule has 0 atom stereocenters. The smallest absolute Gasteiger partial charge is 0.339 e. The molecular weight excluding hydrogens is 268 g/mol. The number of anilines is 1. The number of rotatable bonds is 3. The molecule has 0 bridgehead atoms. The van der Waals surface area contributed by atoms with E-state index in [-0.39, 0.29) is 5.56 Å². The van der Waals surface area contributed by atoms with Gasteiger partial charge in [0, 0.05) is 25.3 Å². The maximum Gasteiger partial charge on any atom is 0.339 e. The highest BCUT2D eigenvalue weighted by molar-refractivity contribution is 6.00. The van der Waals surface area contributed by atoms with Crippen molar-refractivity contribution in [2.45, 2.75) is 0 Å². The van der Waals surface area contributed by atoms with Gasteiger partial charge in [-0.1, -0.05) is 12.1 Å². The van der Waals surface area contributed by atoms with Gasteiger partial charge in [0.1, 0.15) is 11.1 Å². The number of carboxylic acid groups (broad SMARTS) is 1. The zero-order valence-corrected chi connectivity index (χ0v) is 11.7. The van der Waals surface area contributed by atoms with Gasteiger partial charge in [-0.25, -0.2) is 9.78 Å². The Bertz CT molecular complexity index is 821. The van der Waals surface area contributed by atoms with Gasteiger partial charge in [0.2, 0.25) is 5.89 Å². The summed E-state index contributed by atoms with van der Waals surface area (Å²) < 4.78 is 5.67. The number of nitrogens with zero attached hydrogens (tertiary/aromatic N) is 2. The fourth-order valence-electron chi connectivity index (χ4n) is 2.16. The predicted octanol–water partition coefficient (Wildman–Crippen LogP) is 3.26. The molecule has 1 heterocycles. The number of fused-ring (bicyclic) bond motifs is 1. The largest absolute Gasteiger partial charge is 0.478 e. The van der Waals surface area contributed by atoms with E-state index in [1.165, 1.54) is 6.07 Å². The van der Waals surface area contributed by atoms with Crippen molar-refractivity contribution >= 4 is 22.8 Å². The zero-order chi connectivity index (χ0) is 15.0. The van der Waals surface area contributed by atoms with Crippen molar-refractivity contribution in [3.63, 3.8) is 0 Å². The minimum Gasteiger partial charge on any atom is -0.478 e. The van der Waals surface area contributed by atoms with Crippen molar-refractivity contribution in [2.24, 2.45) is 0 Å². The average molecular weight is 282 g/mol. The SMILES string of the molecule is CN(C)c1cccc(-c2nc3cccc(C(=O)O)c3o2)c1. The molecule has 0 unspecified atom stereocenters. The Morgan fingerprint density at radius 3 is 2.67 bits per heavy atom. The van der Waals surface area contributed by atoms with Crippen molar-refractivity contribution in [1.82, 2.24) is 4.98 Å². The summed E-state index contributed by atoms with van der Waals surface area (Å²) in [6, 6.07) is 12.6. The van der Waals surface area contributed by atoms with E-state index in [2.05, 4.69) is 4.98 Å². The number of hydrogen-bond acceptors (Lipinski definition) is 4. The maximum absolute atomic E-state index is 11.2. The fourth-order valence-corrected chi connectivity index (χ4v) is 2.16. The number of carbonyl (C=O) groups is 1. The molecule has 3 rings (SSSR count). The lowest BCUT2D eigenvalue weighted by Gasteiger charge is -2.12. The van der Waals surface area contributed by atoms with E-state index in [4.69, 9.17) is 4.42 Å². The molecule has 0 spiro atoms. The first-order valence-corrected chi connectivity index (χ1v) is 6.47. The van der Waals surface area contributed by atoms with Crippen LogP contribution in [0.5, 0.6) is 0 Å².